The van der Waals surface area contributed by atoms with Crippen molar-refractivity contribution in [2.24, 2.45) is 0 Å². The van der Waals surface area contributed by atoms with Crippen LogP contribution in [0.1, 0.15) is 42.3 Å². The zero-order valence-corrected chi connectivity index (χ0v) is 12.4. The van der Waals surface area contributed by atoms with Gasteiger partial charge in [-0.05, 0) is 51.0 Å². The lowest BCUT2D eigenvalue weighted by atomic mass is 10.1. The molecule has 1 aromatic carbocycles. The van der Waals surface area contributed by atoms with Gasteiger partial charge in [-0.1, -0.05) is 18.2 Å². The monoisotopic (exact) mass is 275 g/mol. The minimum atomic E-state index is -0.497. The van der Waals surface area contributed by atoms with Gasteiger partial charge in [0.25, 0.3) is 0 Å². The maximum absolute atomic E-state index is 11.4. The number of benzene rings is 1. The van der Waals surface area contributed by atoms with Crippen LogP contribution in [0.3, 0.4) is 0 Å². The van der Waals surface area contributed by atoms with E-state index in [1.165, 1.54) is 0 Å². The van der Waals surface area contributed by atoms with Crippen molar-refractivity contribution in [3.8, 4) is 0 Å². The number of hydrogen-bond acceptors (Lipinski definition) is 3. The highest BCUT2D eigenvalue weighted by molar-refractivity contribution is 5.77. The minimum Gasteiger partial charge on any atom is -0.444 e. The normalized spacial score (nSPS) is 11.4. The highest BCUT2D eigenvalue weighted by Gasteiger charge is 2.14. The van der Waals surface area contributed by atoms with Crippen LogP contribution in [0.25, 0.3) is 6.08 Å². The standard InChI is InChI=1S/C16H21NO3/c1-12-8-13(10-14(9-12)11-18)6-5-7-17-15(19)20-16(2,3)4/h5-6,8-11H,7H2,1-4H3,(H,17,19). The topological polar surface area (TPSA) is 55.4 Å². The number of carbonyl (C=O) groups is 2. The first-order valence-electron chi connectivity index (χ1n) is 6.50. The van der Waals surface area contributed by atoms with Gasteiger partial charge in [0.15, 0.2) is 0 Å². The summed E-state index contributed by atoms with van der Waals surface area (Å²) in [6, 6.07) is 5.59. The molecule has 0 aromatic heterocycles. The highest BCUT2D eigenvalue weighted by Crippen LogP contribution is 2.10. The molecule has 0 fully saturated rings. The quantitative estimate of drug-likeness (QED) is 0.857. The summed E-state index contributed by atoms with van der Waals surface area (Å²) in [5, 5.41) is 2.64. The predicted molar refractivity (Wildman–Crippen MR) is 79.8 cm³/mol. The molecule has 0 atom stereocenters. The maximum Gasteiger partial charge on any atom is 0.407 e. The summed E-state index contributed by atoms with van der Waals surface area (Å²) in [4.78, 5) is 22.2. The molecular formula is C16H21NO3. The van der Waals surface area contributed by atoms with Crippen molar-refractivity contribution in [2.75, 3.05) is 6.54 Å². The SMILES string of the molecule is Cc1cc(C=O)cc(C=CCNC(=O)OC(C)(C)C)c1. The van der Waals surface area contributed by atoms with E-state index in [1.807, 2.05) is 52.0 Å². The van der Waals surface area contributed by atoms with Crippen molar-refractivity contribution in [3.05, 3.63) is 41.0 Å². The fraction of sp³-hybridized carbons (Fsp3) is 0.375. The van der Waals surface area contributed by atoms with Gasteiger partial charge in [-0.2, -0.15) is 0 Å². The highest BCUT2D eigenvalue weighted by atomic mass is 16.6. The predicted octanol–water partition coefficient (Wildman–Crippen LogP) is 3.35. The zero-order valence-electron chi connectivity index (χ0n) is 12.4. The van der Waals surface area contributed by atoms with Crippen LogP contribution in [0.2, 0.25) is 0 Å². The number of rotatable bonds is 4. The van der Waals surface area contributed by atoms with Gasteiger partial charge in [0.1, 0.15) is 11.9 Å². The lowest BCUT2D eigenvalue weighted by molar-refractivity contribution is 0.0534. The Balaban J connectivity index is 2.51. The van der Waals surface area contributed by atoms with E-state index >= 15 is 0 Å². The Morgan fingerprint density at radius 2 is 1.90 bits per heavy atom. The summed E-state index contributed by atoms with van der Waals surface area (Å²) in [5.74, 6) is 0. The lowest BCUT2D eigenvalue weighted by Crippen LogP contribution is -2.32. The van der Waals surface area contributed by atoms with E-state index in [-0.39, 0.29) is 0 Å². The van der Waals surface area contributed by atoms with Crippen LogP contribution >= 0.6 is 0 Å². The molecule has 4 nitrogen and oxygen atoms in total. The van der Waals surface area contributed by atoms with Gasteiger partial charge in [-0.15, -0.1) is 0 Å². The van der Waals surface area contributed by atoms with Crippen molar-refractivity contribution in [1.82, 2.24) is 5.32 Å². The lowest BCUT2D eigenvalue weighted by Gasteiger charge is -2.19. The van der Waals surface area contributed by atoms with Crippen molar-refractivity contribution in [2.45, 2.75) is 33.3 Å². The van der Waals surface area contributed by atoms with Crippen LogP contribution in [0.4, 0.5) is 4.79 Å². The molecule has 0 aliphatic heterocycles. The van der Waals surface area contributed by atoms with Gasteiger partial charge in [0.2, 0.25) is 0 Å². The summed E-state index contributed by atoms with van der Waals surface area (Å²) >= 11 is 0. The number of carbonyl (C=O) groups excluding carboxylic acids is 2. The van der Waals surface area contributed by atoms with Crippen molar-refractivity contribution in [1.29, 1.82) is 0 Å². The Kier molecular flexibility index (Phi) is 5.50. The van der Waals surface area contributed by atoms with Crippen molar-refractivity contribution >= 4 is 18.5 Å². The van der Waals surface area contributed by atoms with E-state index in [0.29, 0.717) is 12.1 Å². The summed E-state index contributed by atoms with van der Waals surface area (Å²) in [7, 11) is 0. The molecule has 0 heterocycles. The Bertz CT molecular complexity index is 513. The number of nitrogens with one attached hydrogen (secondary N) is 1. The fourth-order valence-corrected chi connectivity index (χ4v) is 1.66. The average molecular weight is 275 g/mol. The Labute approximate surface area is 119 Å². The van der Waals surface area contributed by atoms with Gasteiger partial charge >= 0.3 is 6.09 Å². The number of amides is 1. The Morgan fingerprint density at radius 1 is 1.25 bits per heavy atom. The maximum atomic E-state index is 11.4. The molecule has 1 amide bonds. The Hall–Kier alpha value is -2.10. The Morgan fingerprint density at radius 3 is 2.50 bits per heavy atom. The van der Waals surface area contributed by atoms with Gasteiger partial charge < -0.3 is 10.1 Å². The molecule has 0 aliphatic rings. The number of ether oxygens (including phenoxy) is 1. The molecule has 0 saturated heterocycles. The van der Waals surface area contributed by atoms with Gasteiger partial charge in [-0.3, -0.25) is 4.79 Å². The summed E-state index contributed by atoms with van der Waals surface area (Å²) < 4.78 is 5.12. The molecule has 0 bridgehead atoms. The number of aryl methyl sites for hydroxylation is 1. The van der Waals surface area contributed by atoms with Crippen LogP contribution in [-0.4, -0.2) is 24.5 Å². The average Bonchev–Trinajstić information content (AvgIpc) is 2.32. The van der Waals surface area contributed by atoms with Crippen LogP contribution in [0, 0.1) is 6.92 Å². The van der Waals surface area contributed by atoms with E-state index in [4.69, 9.17) is 4.74 Å². The van der Waals surface area contributed by atoms with Crippen molar-refractivity contribution < 1.29 is 14.3 Å². The molecule has 0 spiro atoms. The third kappa shape index (κ3) is 6.18. The molecule has 4 heteroatoms. The van der Waals surface area contributed by atoms with Crippen LogP contribution in [0.15, 0.2) is 24.3 Å². The fourth-order valence-electron chi connectivity index (χ4n) is 1.66. The second kappa shape index (κ2) is 6.89. The number of alkyl carbamates (subject to hydrolysis) is 1. The third-order valence-corrected chi connectivity index (χ3v) is 2.33. The molecular weight excluding hydrogens is 254 g/mol. The van der Waals surface area contributed by atoms with E-state index in [2.05, 4.69) is 5.32 Å². The van der Waals surface area contributed by atoms with Crippen LogP contribution in [-0.2, 0) is 4.74 Å². The second-order valence-electron chi connectivity index (χ2n) is 5.58. The van der Waals surface area contributed by atoms with Crippen LogP contribution < -0.4 is 5.32 Å². The smallest absolute Gasteiger partial charge is 0.407 e. The summed E-state index contributed by atoms with van der Waals surface area (Å²) in [6.45, 7) is 7.75. The molecule has 108 valence electrons. The van der Waals surface area contributed by atoms with Crippen LogP contribution in [0.5, 0.6) is 0 Å². The largest absolute Gasteiger partial charge is 0.444 e. The number of aldehydes is 1. The van der Waals surface area contributed by atoms with Gasteiger partial charge in [-0.25, -0.2) is 4.79 Å². The van der Waals surface area contributed by atoms with Gasteiger partial charge in [0.05, 0.1) is 0 Å². The van der Waals surface area contributed by atoms with E-state index in [0.717, 1.165) is 17.4 Å². The van der Waals surface area contributed by atoms with E-state index in [1.54, 1.807) is 6.07 Å². The molecule has 0 radical (unpaired) electrons. The minimum absolute atomic E-state index is 0.374. The molecule has 0 aliphatic carbocycles. The first kappa shape index (κ1) is 16.0. The molecule has 0 unspecified atom stereocenters. The summed E-state index contributed by atoms with van der Waals surface area (Å²) in [5.41, 5.74) is 2.10. The molecule has 20 heavy (non-hydrogen) atoms. The van der Waals surface area contributed by atoms with Crippen molar-refractivity contribution in [3.63, 3.8) is 0 Å². The zero-order chi connectivity index (χ0) is 15.2. The molecule has 1 rings (SSSR count). The van der Waals surface area contributed by atoms with E-state index < -0.39 is 11.7 Å². The van der Waals surface area contributed by atoms with Gasteiger partial charge in [0, 0.05) is 12.1 Å². The first-order valence-corrected chi connectivity index (χ1v) is 6.50. The molecule has 0 saturated carbocycles. The van der Waals surface area contributed by atoms with E-state index in [9.17, 15) is 9.59 Å². The first-order chi connectivity index (χ1) is 9.30. The second-order valence-corrected chi connectivity index (χ2v) is 5.58. The molecule has 1 aromatic rings. The summed E-state index contributed by atoms with van der Waals surface area (Å²) in [6.07, 6.45) is 4.05. The molecule has 1 N–H and O–H groups in total. The number of hydrogen-bond donors (Lipinski definition) is 1. The third-order valence-electron chi connectivity index (χ3n) is 2.33.